The highest BCUT2D eigenvalue weighted by Gasteiger charge is 2.46. The summed E-state index contributed by atoms with van der Waals surface area (Å²) < 4.78 is 11.0. The van der Waals surface area contributed by atoms with Crippen molar-refractivity contribution in [2.45, 2.75) is 33.2 Å². The van der Waals surface area contributed by atoms with E-state index in [0.717, 1.165) is 19.5 Å². The number of likely N-dealkylation sites (tertiary alicyclic amines) is 1. The van der Waals surface area contributed by atoms with Crippen molar-refractivity contribution in [2.75, 3.05) is 39.9 Å². The smallest absolute Gasteiger partial charge is 0.295 e. The molecular weight excluding hydrogens is 432 g/mol. The lowest BCUT2D eigenvalue weighted by Crippen LogP contribution is -2.38. The highest BCUT2D eigenvalue weighted by Crippen LogP contribution is 2.40. The number of Topliss-reactive ketones (excluding diaryl/α,β-unsaturated/α-hetero) is 1. The summed E-state index contributed by atoms with van der Waals surface area (Å²) >= 11 is 0. The van der Waals surface area contributed by atoms with E-state index in [1.807, 2.05) is 19.1 Å². The van der Waals surface area contributed by atoms with Crippen LogP contribution in [0.1, 0.15) is 44.4 Å². The lowest BCUT2D eigenvalue weighted by atomic mass is 9.95. The summed E-state index contributed by atoms with van der Waals surface area (Å²) in [5, 5.41) is 11.2. The SMILES string of the molecule is CCCOc1ccc(/C(O)=C2/C(=O)C(=O)N(CCN(CC)CC)C2c2cccc(OC)c2)cc1. The minimum absolute atomic E-state index is 0.0834. The molecular formula is C27H34N2O5. The van der Waals surface area contributed by atoms with E-state index in [9.17, 15) is 14.7 Å². The zero-order valence-electron chi connectivity index (χ0n) is 20.4. The molecule has 2 aromatic rings. The molecule has 1 unspecified atom stereocenters. The van der Waals surface area contributed by atoms with Crippen molar-refractivity contribution in [3.8, 4) is 11.5 Å². The van der Waals surface area contributed by atoms with Gasteiger partial charge in [0.05, 0.1) is 25.3 Å². The quantitative estimate of drug-likeness (QED) is 0.303. The van der Waals surface area contributed by atoms with Crippen molar-refractivity contribution < 1.29 is 24.2 Å². The van der Waals surface area contributed by atoms with Gasteiger partial charge in [0, 0.05) is 18.7 Å². The molecule has 182 valence electrons. The monoisotopic (exact) mass is 466 g/mol. The number of methoxy groups -OCH3 is 1. The molecule has 1 atom stereocenters. The second-order valence-electron chi connectivity index (χ2n) is 8.17. The number of hydrogen-bond acceptors (Lipinski definition) is 6. The molecule has 0 radical (unpaired) electrons. The molecule has 1 saturated heterocycles. The van der Waals surface area contributed by atoms with Gasteiger partial charge in [0.1, 0.15) is 17.3 Å². The van der Waals surface area contributed by atoms with Crippen molar-refractivity contribution in [3.63, 3.8) is 0 Å². The summed E-state index contributed by atoms with van der Waals surface area (Å²) in [5.74, 6) is -0.189. The Balaban J connectivity index is 2.05. The number of carbonyl (C=O) groups excluding carboxylic acids is 2. The number of nitrogens with zero attached hydrogens (tertiary/aromatic N) is 2. The van der Waals surface area contributed by atoms with Crippen molar-refractivity contribution >= 4 is 17.4 Å². The number of carbonyl (C=O) groups is 2. The molecule has 1 amide bonds. The van der Waals surface area contributed by atoms with Crippen LogP contribution >= 0.6 is 0 Å². The van der Waals surface area contributed by atoms with Crippen LogP contribution in [-0.2, 0) is 9.59 Å². The lowest BCUT2D eigenvalue weighted by molar-refractivity contribution is -0.140. The minimum Gasteiger partial charge on any atom is -0.507 e. The molecule has 1 aliphatic heterocycles. The molecule has 0 aromatic heterocycles. The first-order valence-corrected chi connectivity index (χ1v) is 11.8. The number of amides is 1. The van der Waals surface area contributed by atoms with Gasteiger partial charge in [-0.05, 0) is 61.5 Å². The third-order valence-electron chi connectivity index (χ3n) is 6.10. The number of rotatable bonds is 11. The van der Waals surface area contributed by atoms with Gasteiger partial charge in [-0.15, -0.1) is 0 Å². The van der Waals surface area contributed by atoms with Crippen LogP contribution in [0.4, 0.5) is 0 Å². The number of benzene rings is 2. The van der Waals surface area contributed by atoms with Crippen molar-refractivity contribution in [1.82, 2.24) is 9.80 Å². The standard InChI is InChI=1S/C27H34N2O5/c1-5-17-34-21-13-11-19(12-14-21)25(30)23-24(20-9-8-10-22(18-20)33-4)29(27(32)26(23)31)16-15-28(6-2)7-3/h8-14,18,24,30H,5-7,15-17H2,1-4H3/b25-23-. The van der Waals surface area contributed by atoms with Gasteiger partial charge < -0.3 is 24.4 Å². The molecule has 0 aliphatic carbocycles. The van der Waals surface area contributed by atoms with Gasteiger partial charge in [-0.3, -0.25) is 9.59 Å². The predicted molar refractivity (Wildman–Crippen MR) is 132 cm³/mol. The Bertz CT molecular complexity index is 1030. The first-order chi connectivity index (χ1) is 16.4. The molecule has 3 rings (SSSR count). The van der Waals surface area contributed by atoms with Crippen LogP contribution in [0, 0.1) is 0 Å². The van der Waals surface area contributed by atoms with Gasteiger partial charge in [-0.25, -0.2) is 0 Å². The zero-order chi connectivity index (χ0) is 24.7. The van der Waals surface area contributed by atoms with Crippen LogP contribution in [0.5, 0.6) is 11.5 Å². The van der Waals surface area contributed by atoms with Crippen LogP contribution in [0.15, 0.2) is 54.1 Å². The predicted octanol–water partition coefficient (Wildman–Crippen LogP) is 4.25. The normalized spacial score (nSPS) is 17.4. The number of likely N-dealkylation sites (N-methyl/N-ethyl adjacent to an activating group) is 1. The summed E-state index contributed by atoms with van der Waals surface area (Å²) in [6.45, 7) is 9.43. The fraction of sp³-hybridized carbons (Fsp3) is 0.407. The van der Waals surface area contributed by atoms with E-state index in [4.69, 9.17) is 9.47 Å². The molecule has 1 N–H and O–H groups in total. The minimum atomic E-state index is -0.707. The Kier molecular flexibility index (Phi) is 8.71. The topological polar surface area (TPSA) is 79.3 Å². The average molecular weight is 467 g/mol. The van der Waals surface area contributed by atoms with E-state index in [1.54, 1.807) is 48.4 Å². The van der Waals surface area contributed by atoms with Gasteiger partial charge in [0.2, 0.25) is 0 Å². The Morgan fingerprint density at radius 2 is 1.74 bits per heavy atom. The molecule has 0 spiro atoms. The van der Waals surface area contributed by atoms with Crippen LogP contribution in [0.3, 0.4) is 0 Å². The van der Waals surface area contributed by atoms with Crippen molar-refractivity contribution in [3.05, 3.63) is 65.2 Å². The van der Waals surface area contributed by atoms with E-state index in [0.29, 0.717) is 42.3 Å². The van der Waals surface area contributed by atoms with E-state index in [2.05, 4.69) is 18.7 Å². The Morgan fingerprint density at radius 1 is 1.03 bits per heavy atom. The first-order valence-electron chi connectivity index (χ1n) is 11.8. The van der Waals surface area contributed by atoms with E-state index < -0.39 is 17.7 Å². The third-order valence-corrected chi connectivity index (χ3v) is 6.10. The third kappa shape index (κ3) is 5.42. The second kappa shape index (κ2) is 11.7. The van der Waals surface area contributed by atoms with Gasteiger partial charge in [0.25, 0.3) is 11.7 Å². The molecule has 1 fully saturated rings. The molecule has 0 saturated carbocycles. The summed E-state index contributed by atoms with van der Waals surface area (Å²) in [7, 11) is 1.57. The van der Waals surface area contributed by atoms with E-state index in [1.165, 1.54) is 0 Å². The largest absolute Gasteiger partial charge is 0.507 e. The average Bonchev–Trinajstić information content (AvgIpc) is 3.13. The number of ether oxygens (including phenoxy) is 2. The van der Waals surface area contributed by atoms with Gasteiger partial charge >= 0.3 is 0 Å². The maximum Gasteiger partial charge on any atom is 0.295 e. The van der Waals surface area contributed by atoms with Crippen LogP contribution in [-0.4, -0.2) is 66.5 Å². The van der Waals surface area contributed by atoms with Gasteiger partial charge in [-0.2, -0.15) is 0 Å². The number of aliphatic hydroxyl groups excluding tert-OH is 1. The maximum absolute atomic E-state index is 13.2. The molecule has 1 heterocycles. The maximum atomic E-state index is 13.2. The fourth-order valence-corrected chi connectivity index (χ4v) is 4.14. The van der Waals surface area contributed by atoms with Crippen LogP contribution < -0.4 is 9.47 Å². The molecule has 1 aliphatic rings. The highest BCUT2D eigenvalue weighted by atomic mass is 16.5. The number of ketones is 1. The van der Waals surface area contributed by atoms with Crippen molar-refractivity contribution in [2.24, 2.45) is 0 Å². The molecule has 7 nitrogen and oxygen atoms in total. The van der Waals surface area contributed by atoms with Gasteiger partial charge in [0.15, 0.2) is 0 Å². The Hall–Kier alpha value is -3.32. The van der Waals surface area contributed by atoms with Crippen molar-refractivity contribution in [1.29, 1.82) is 0 Å². The molecule has 7 heteroatoms. The summed E-state index contributed by atoms with van der Waals surface area (Å²) in [4.78, 5) is 30.0. The Labute approximate surface area is 201 Å². The summed E-state index contributed by atoms with van der Waals surface area (Å²) in [5.41, 5.74) is 1.25. The van der Waals surface area contributed by atoms with E-state index >= 15 is 0 Å². The molecule has 2 aromatic carbocycles. The Morgan fingerprint density at radius 3 is 2.35 bits per heavy atom. The number of hydrogen-bond donors (Lipinski definition) is 1. The zero-order valence-corrected chi connectivity index (χ0v) is 20.4. The van der Waals surface area contributed by atoms with Crippen LogP contribution in [0.25, 0.3) is 5.76 Å². The summed E-state index contributed by atoms with van der Waals surface area (Å²) in [6.07, 6.45) is 0.888. The second-order valence-corrected chi connectivity index (χ2v) is 8.17. The van der Waals surface area contributed by atoms with E-state index in [-0.39, 0.29) is 11.3 Å². The summed E-state index contributed by atoms with van der Waals surface area (Å²) in [6, 6.07) is 13.5. The first kappa shape index (κ1) is 25.3. The number of aliphatic hydroxyl groups is 1. The molecule has 0 bridgehead atoms. The fourth-order valence-electron chi connectivity index (χ4n) is 4.14. The van der Waals surface area contributed by atoms with Gasteiger partial charge in [-0.1, -0.05) is 32.9 Å². The lowest BCUT2D eigenvalue weighted by Gasteiger charge is -2.28. The molecule has 34 heavy (non-hydrogen) atoms. The van der Waals surface area contributed by atoms with Crippen LogP contribution in [0.2, 0.25) is 0 Å². The highest BCUT2D eigenvalue weighted by molar-refractivity contribution is 6.46.